The van der Waals surface area contributed by atoms with Crippen LogP contribution in [0.3, 0.4) is 0 Å². The zero-order valence-electron chi connectivity index (χ0n) is 22.9. The molecule has 2 aliphatic heterocycles. The molecule has 3 aromatic rings. The Morgan fingerprint density at radius 1 is 0.525 bits per heavy atom. The van der Waals surface area contributed by atoms with Crippen LogP contribution in [0.2, 0.25) is 0 Å². The van der Waals surface area contributed by atoms with Crippen LogP contribution in [0.4, 0.5) is 0 Å². The number of aromatic amines is 2. The van der Waals surface area contributed by atoms with Gasteiger partial charge in [0.25, 0.3) is 0 Å². The Morgan fingerprint density at radius 2 is 0.925 bits per heavy atom. The molecule has 0 amide bonds. The van der Waals surface area contributed by atoms with E-state index < -0.39 is 0 Å². The number of H-pyrrole nitrogens is 2. The number of fused-ring (bicyclic) bond motifs is 8. The first-order valence-electron chi connectivity index (χ1n) is 14.8. The predicted molar refractivity (Wildman–Crippen MR) is 166 cm³/mol. The lowest BCUT2D eigenvalue weighted by atomic mass is 9.83. The molecule has 0 saturated heterocycles. The second kappa shape index (κ2) is 10.4. The first kappa shape index (κ1) is 24.7. The molecule has 3 aromatic heterocycles. The maximum absolute atomic E-state index is 6.15. The van der Waals surface area contributed by atoms with E-state index in [0.29, 0.717) is 11.8 Å². The van der Waals surface area contributed by atoms with Crippen LogP contribution in [0, 0.1) is 24.7 Å². The quantitative estimate of drug-likeness (QED) is 0.228. The van der Waals surface area contributed by atoms with Gasteiger partial charge < -0.3 is 9.97 Å². The number of hydrogen-bond donors (Lipinski definition) is 2. The van der Waals surface area contributed by atoms with Crippen molar-refractivity contribution in [3.05, 3.63) is 69.3 Å². The van der Waals surface area contributed by atoms with Gasteiger partial charge in [-0.1, -0.05) is 50.4 Å². The van der Waals surface area contributed by atoms with Gasteiger partial charge in [0.05, 0.1) is 44.9 Å². The third-order valence-electron chi connectivity index (χ3n) is 9.15. The van der Waals surface area contributed by atoms with Gasteiger partial charge in [0, 0.05) is 22.2 Å². The Kier molecular flexibility index (Phi) is 6.41. The Morgan fingerprint density at radius 3 is 1.35 bits per heavy atom. The lowest BCUT2D eigenvalue weighted by Crippen LogP contribution is -2.07. The van der Waals surface area contributed by atoms with Gasteiger partial charge in [0.1, 0.15) is 0 Å². The van der Waals surface area contributed by atoms with Crippen LogP contribution in [-0.2, 0) is 0 Å². The van der Waals surface area contributed by atoms with E-state index in [0.717, 1.165) is 81.7 Å². The maximum atomic E-state index is 6.15. The highest BCUT2D eigenvalue weighted by atomic mass is 14.8. The van der Waals surface area contributed by atoms with Crippen LogP contribution in [-0.4, -0.2) is 19.9 Å². The Hall–Kier alpha value is -4.28. The minimum absolute atomic E-state index is 0.443. The van der Waals surface area contributed by atoms with Gasteiger partial charge in [-0.25, -0.2) is 9.97 Å². The van der Waals surface area contributed by atoms with Crippen molar-refractivity contribution >= 4 is 46.4 Å². The zero-order chi connectivity index (χ0) is 27.1. The Labute approximate surface area is 236 Å². The van der Waals surface area contributed by atoms with E-state index in [1.807, 2.05) is 0 Å². The van der Waals surface area contributed by atoms with Crippen LogP contribution < -0.4 is 0 Å². The summed E-state index contributed by atoms with van der Waals surface area (Å²) in [6.45, 7) is 0. The summed E-state index contributed by atoms with van der Waals surface area (Å²) >= 11 is 0. The molecule has 0 radical (unpaired) electrons. The van der Waals surface area contributed by atoms with Crippen molar-refractivity contribution in [2.24, 2.45) is 0 Å². The van der Waals surface area contributed by atoms with Gasteiger partial charge in [0.2, 0.25) is 0 Å². The van der Waals surface area contributed by atoms with E-state index >= 15 is 0 Å². The van der Waals surface area contributed by atoms with Crippen molar-refractivity contribution in [2.45, 2.75) is 76.0 Å². The minimum Gasteiger partial charge on any atom is -0.354 e. The smallest absolute Gasteiger partial charge is 0.0816 e. The van der Waals surface area contributed by atoms with E-state index in [9.17, 15) is 0 Å². The fourth-order valence-corrected chi connectivity index (χ4v) is 7.20. The summed E-state index contributed by atoms with van der Waals surface area (Å²) in [6.07, 6.45) is 32.9. The van der Waals surface area contributed by atoms with E-state index in [1.54, 1.807) is 0 Å². The molecule has 0 unspecified atom stereocenters. The zero-order valence-corrected chi connectivity index (χ0v) is 22.9. The van der Waals surface area contributed by atoms with Crippen molar-refractivity contribution in [3.8, 4) is 24.7 Å². The van der Waals surface area contributed by atoms with Crippen LogP contribution in [0.25, 0.3) is 46.4 Å². The van der Waals surface area contributed by atoms with E-state index in [2.05, 4.69) is 70.4 Å². The maximum Gasteiger partial charge on any atom is 0.0816 e. The highest BCUT2D eigenvalue weighted by molar-refractivity contribution is 5.86. The van der Waals surface area contributed by atoms with Crippen molar-refractivity contribution < 1.29 is 0 Å². The molecule has 2 N–H and O–H groups in total. The van der Waals surface area contributed by atoms with E-state index in [4.69, 9.17) is 22.8 Å². The molecule has 40 heavy (non-hydrogen) atoms. The molecule has 4 nitrogen and oxygen atoms in total. The van der Waals surface area contributed by atoms with Crippen molar-refractivity contribution in [1.82, 2.24) is 19.9 Å². The highest BCUT2D eigenvalue weighted by Crippen LogP contribution is 2.39. The fourth-order valence-electron chi connectivity index (χ4n) is 7.20. The van der Waals surface area contributed by atoms with Crippen LogP contribution in [0.15, 0.2) is 24.3 Å². The summed E-state index contributed by atoms with van der Waals surface area (Å²) in [7, 11) is 0. The average Bonchev–Trinajstić information content (AvgIpc) is 3.81. The molecule has 0 aromatic carbocycles. The van der Waals surface area contributed by atoms with Crippen molar-refractivity contribution in [1.29, 1.82) is 0 Å². The van der Waals surface area contributed by atoms with Gasteiger partial charge in [0.15, 0.2) is 0 Å². The number of nitrogens with zero attached hydrogens (tertiary/aromatic N) is 2. The summed E-state index contributed by atoms with van der Waals surface area (Å²) in [5.74, 6) is 6.80. The summed E-state index contributed by atoms with van der Waals surface area (Å²) in [4.78, 5) is 17.7. The number of nitrogens with one attached hydrogen (secondary N) is 2. The Bertz CT molecular complexity index is 1670. The standard InChI is InChI=1S/C36H34N4/c1-3-25-27-15-19-31(37-27)35(23-11-7-5-8-12-23)33-21-17-29(39-33)26(4-2)30-18-22-34(40-30)36(24-13-9-6-10-14-24)32-20-16-28(25)38-32/h1-2,15-24,37-38H,5-14H2. The molecule has 8 bridgehead atoms. The molecule has 0 spiro atoms. The second-order valence-electron chi connectivity index (χ2n) is 11.5. The monoisotopic (exact) mass is 522 g/mol. The largest absolute Gasteiger partial charge is 0.354 e. The Balaban J connectivity index is 1.59. The summed E-state index contributed by atoms with van der Waals surface area (Å²) < 4.78 is 0. The van der Waals surface area contributed by atoms with Gasteiger partial charge in [-0.3, -0.25) is 0 Å². The van der Waals surface area contributed by atoms with Crippen LogP contribution in [0.1, 0.15) is 121 Å². The number of aromatic nitrogens is 4. The summed E-state index contributed by atoms with van der Waals surface area (Å²) in [5, 5.41) is 0. The van der Waals surface area contributed by atoms with E-state index in [-0.39, 0.29) is 0 Å². The van der Waals surface area contributed by atoms with E-state index in [1.165, 1.54) is 49.7 Å². The second-order valence-corrected chi connectivity index (χ2v) is 11.5. The molecule has 198 valence electrons. The molecule has 4 aliphatic rings. The third kappa shape index (κ3) is 4.29. The SMILES string of the molecule is C#Cc1c2nc(c(C3CCCCC3)c3ccc([nH]3)c(C#C)c3ccc([nH]3)c(C3CCCCC3)c3nc1C=C3)C=C2. The molecule has 0 atom stereocenters. The normalized spacial score (nSPS) is 17.6. The molecule has 2 fully saturated rings. The first-order valence-corrected chi connectivity index (χ1v) is 14.8. The van der Waals surface area contributed by atoms with Gasteiger partial charge >= 0.3 is 0 Å². The first-order chi connectivity index (χ1) is 19.7. The van der Waals surface area contributed by atoms with Crippen LogP contribution >= 0.6 is 0 Å². The molecular weight excluding hydrogens is 488 g/mol. The molecule has 2 aliphatic carbocycles. The molecule has 7 rings (SSSR count). The lowest BCUT2D eigenvalue weighted by molar-refractivity contribution is 0.444. The van der Waals surface area contributed by atoms with Crippen molar-refractivity contribution in [2.75, 3.05) is 0 Å². The van der Waals surface area contributed by atoms with Crippen molar-refractivity contribution in [3.63, 3.8) is 0 Å². The number of terminal acetylenes is 2. The topological polar surface area (TPSA) is 57.4 Å². The lowest BCUT2D eigenvalue weighted by Gasteiger charge is -2.22. The molecule has 2 saturated carbocycles. The molecular formula is C36H34N4. The van der Waals surface area contributed by atoms with Crippen LogP contribution in [0.5, 0.6) is 0 Å². The van der Waals surface area contributed by atoms with Gasteiger partial charge in [-0.15, -0.1) is 12.8 Å². The summed E-state index contributed by atoms with van der Waals surface area (Å²) in [5.41, 5.74) is 11.8. The predicted octanol–water partition coefficient (Wildman–Crippen LogP) is 8.71. The van der Waals surface area contributed by atoms with Gasteiger partial charge in [-0.2, -0.15) is 0 Å². The average molecular weight is 523 g/mol. The molecule has 5 heterocycles. The number of rotatable bonds is 2. The highest BCUT2D eigenvalue weighted by Gasteiger charge is 2.24. The fraction of sp³-hybridized carbons (Fsp3) is 0.333. The minimum atomic E-state index is 0.443. The molecule has 4 heteroatoms. The number of hydrogen-bond acceptors (Lipinski definition) is 2. The summed E-state index contributed by atoms with van der Waals surface area (Å²) in [6, 6.07) is 8.57. The van der Waals surface area contributed by atoms with Gasteiger partial charge in [-0.05, 0) is 86.1 Å². The third-order valence-corrected chi connectivity index (χ3v) is 9.15.